The highest BCUT2D eigenvalue weighted by atomic mass is 19.4. The monoisotopic (exact) mass is 349 g/mol. The van der Waals surface area contributed by atoms with Gasteiger partial charge in [-0.05, 0) is 29.8 Å². The van der Waals surface area contributed by atoms with Gasteiger partial charge in [0.1, 0.15) is 11.9 Å². The van der Waals surface area contributed by atoms with Crippen LogP contribution in [-0.4, -0.2) is 16.7 Å². The number of carbonyl (C=O) groups excluding carboxylic acids is 1. The molecule has 9 heteroatoms. The highest BCUT2D eigenvalue weighted by Crippen LogP contribution is 2.28. The second-order valence-corrected chi connectivity index (χ2v) is 5.38. The van der Waals surface area contributed by atoms with Crippen LogP contribution in [0.4, 0.5) is 18.9 Å². The van der Waals surface area contributed by atoms with E-state index in [0.717, 1.165) is 17.8 Å². The Morgan fingerprint density at radius 2 is 1.88 bits per heavy atom. The van der Waals surface area contributed by atoms with Gasteiger partial charge in [-0.1, -0.05) is 12.1 Å². The summed E-state index contributed by atoms with van der Waals surface area (Å²) in [4.78, 5) is 19.2. The van der Waals surface area contributed by atoms with Crippen molar-refractivity contribution in [2.75, 3.05) is 5.32 Å². The van der Waals surface area contributed by atoms with Crippen molar-refractivity contribution in [3.8, 4) is 0 Å². The molecule has 1 aliphatic heterocycles. The molecule has 1 aromatic heterocycles. The minimum Gasteiger partial charge on any atom is -0.326 e. The minimum absolute atomic E-state index is 0.165. The van der Waals surface area contributed by atoms with Crippen molar-refractivity contribution in [2.45, 2.75) is 19.3 Å². The van der Waals surface area contributed by atoms with E-state index < -0.39 is 17.9 Å². The quantitative estimate of drug-likeness (QED) is 0.796. The van der Waals surface area contributed by atoms with Crippen molar-refractivity contribution in [2.24, 2.45) is 4.99 Å². The van der Waals surface area contributed by atoms with Gasteiger partial charge in [-0.2, -0.15) is 13.2 Å². The zero-order valence-electron chi connectivity index (χ0n) is 13.1. The lowest BCUT2D eigenvalue weighted by Crippen LogP contribution is -2.32. The van der Waals surface area contributed by atoms with Gasteiger partial charge >= 0.3 is 6.18 Å². The molecule has 1 amide bonds. The maximum Gasteiger partial charge on any atom is 0.417 e. The van der Waals surface area contributed by atoms with E-state index in [2.05, 4.69) is 26.1 Å². The first kappa shape index (κ1) is 16.9. The molecule has 2 heterocycles. The smallest absolute Gasteiger partial charge is 0.326 e. The summed E-state index contributed by atoms with van der Waals surface area (Å²) >= 11 is 0. The second-order valence-electron chi connectivity index (χ2n) is 5.38. The molecule has 0 spiro atoms. The molecule has 0 saturated carbocycles. The Balaban J connectivity index is 1.75. The van der Waals surface area contributed by atoms with E-state index in [-0.39, 0.29) is 5.91 Å². The predicted molar refractivity (Wildman–Crippen MR) is 85.5 cm³/mol. The summed E-state index contributed by atoms with van der Waals surface area (Å²) in [5.74, 6) is 0.187. The standard InChI is InChI=1S/C16H14F3N5O/c1-9(25)21-12-5-2-10(3-6-12)14-22-15(24-23-14)13-7-4-11(8-20-13)16(17,18)19/h2-8,14,23H,1H3,(H,21,25)(H,22,24). The SMILES string of the molecule is CC(=O)Nc1ccc(C2N=C(c3ccc(C(F)(F)F)cn3)NN2)cc1. The fourth-order valence-electron chi connectivity index (χ4n) is 2.27. The Kier molecular flexibility index (Phi) is 4.41. The van der Waals surface area contributed by atoms with E-state index >= 15 is 0 Å². The molecule has 1 unspecified atom stereocenters. The summed E-state index contributed by atoms with van der Waals surface area (Å²) in [6.07, 6.45) is -4.06. The summed E-state index contributed by atoms with van der Waals surface area (Å²) in [6, 6.07) is 9.28. The summed E-state index contributed by atoms with van der Waals surface area (Å²) in [6.45, 7) is 1.42. The van der Waals surface area contributed by atoms with Gasteiger partial charge in [0.2, 0.25) is 5.91 Å². The molecule has 3 N–H and O–H groups in total. The van der Waals surface area contributed by atoms with Crippen molar-refractivity contribution in [3.63, 3.8) is 0 Å². The summed E-state index contributed by atoms with van der Waals surface area (Å²) < 4.78 is 37.7. The number of aliphatic imine (C=N–C) groups is 1. The molecule has 3 rings (SSSR count). The lowest BCUT2D eigenvalue weighted by Gasteiger charge is -2.08. The molecule has 1 aliphatic rings. The Morgan fingerprint density at radius 1 is 1.16 bits per heavy atom. The molecular formula is C16H14F3N5O. The van der Waals surface area contributed by atoms with Crippen LogP contribution in [0.2, 0.25) is 0 Å². The van der Waals surface area contributed by atoms with Gasteiger partial charge in [0.05, 0.1) is 5.56 Å². The Bertz CT molecular complexity index is 800. The van der Waals surface area contributed by atoms with Crippen LogP contribution in [0.1, 0.15) is 29.9 Å². The topological polar surface area (TPSA) is 78.4 Å². The number of hydrogen-bond donors (Lipinski definition) is 3. The molecular weight excluding hydrogens is 335 g/mol. The van der Waals surface area contributed by atoms with Crippen molar-refractivity contribution >= 4 is 17.4 Å². The van der Waals surface area contributed by atoms with E-state index in [9.17, 15) is 18.0 Å². The van der Waals surface area contributed by atoms with Gasteiger partial charge in [0, 0.05) is 18.8 Å². The second kappa shape index (κ2) is 6.52. The number of nitrogens with zero attached hydrogens (tertiary/aromatic N) is 2. The summed E-state index contributed by atoms with van der Waals surface area (Å²) in [5, 5.41) is 2.66. The summed E-state index contributed by atoms with van der Waals surface area (Å²) in [7, 11) is 0. The van der Waals surface area contributed by atoms with Crippen LogP contribution in [-0.2, 0) is 11.0 Å². The van der Waals surface area contributed by atoms with E-state index in [1.807, 2.05) is 0 Å². The largest absolute Gasteiger partial charge is 0.417 e. The zero-order valence-corrected chi connectivity index (χ0v) is 13.1. The first-order valence-electron chi connectivity index (χ1n) is 7.33. The van der Waals surface area contributed by atoms with Gasteiger partial charge in [-0.15, -0.1) is 0 Å². The average molecular weight is 349 g/mol. The fraction of sp³-hybridized carbons (Fsp3) is 0.188. The van der Waals surface area contributed by atoms with Crippen molar-refractivity contribution in [1.82, 2.24) is 15.8 Å². The van der Waals surface area contributed by atoms with Crippen LogP contribution >= 0.6 is 0 Å². The van der Waals surface area contributed by atoms with Crippen molar-refractivity contribution in [1.29, 1.82) is 0 Å². The number of nitrogens with one attached hydrogen (secondary N) is 3. The fourth-order valence-corrected chi connectivity index (χ4v) is 2.27. The number of amides is 1. The number of hydrazine groups is 1. The number of pyridine rings is 1. The molecule has 130 valence electrons. The summed E-state index contributed by atoms with van der Waals surface area (Å²) in [5.41, 5.74) is 6.71. The molecule has 0 bridgehead atoms. The maximum atomic E-state index is 12.6. The number of halogens is 3. The molecule has 2 aromatic rings. The molecule has 25 heavy (non-hydrogen) atoms. The molecule has 0 radical (unpaired) electrons. The van der Waals surface area contributed by atoms with Crippen molar-refractivity contribution < 1.29 is 18.0 Å². The van der Waals surface area contributed by atoms with E-state index in [1.165, 1.54) is 13.0 Å². The number of hydrogen-bond acceptors (Lipinski definition) is 5. The first-order valence-corrected chi connectivity index (χ1v) is 7.33. The van der Waals surface area contributed by atoms with Crippen LogP contribution in [0.15, 0.2) is 47.6 Å². The Hall–Kier alpha value is -2.94. The molecule has 1 aromatic carbocycles. The third-order valence-electron chi connectivity index (χ3n) is 3.47. The highest BCUT2D eigenvalue weighted by molar-refractivity contribution is 5.97. The van der Waals surface area contributed by atoms with Gasteiger partial charge in [-0.25, -0.2) is 10.4 Å². The Morgan fingerprint density at radius 3 is 2.44 bits per heavy atom. The number of anilines is 1. The third kappa shape index (κ3) is 3.94. The number of carbonyl (C=O) groups is 1. The normalized spacial score (nSPS) is 17.0. The van der Waals surface area contributed by atoms with E-state index in [0.29, 0.717) is 17.2 Å². The molecule has 0 saturated heterocycles. The number of aromatic nitrogens is 1. The average Bonchev–Trinajstić information content (AvgIpc) is 3.04. The third-order valence-corrected chi connectivity index (χ3v) is 3.47. The molecule has 6 nitrogen and oxygen atoms in total. The van der Waals surface area contributed by atoms with Crippen LogP contribution in [0.25, 0.3) is 0 Å². The molecule has 1 atom stereocenters. The molecule has 0 fully saturated rings. The first-order chi connectivity index (χ1) is 11.8. The lowest BCUT2D eigenvalue weighted by atomic mass is 10.1. The van der Waals surface area contributed by atoms with Crippen molar-refractivity contribution in [3.05, 3.63) is 59.4 Å². The number of rotatable bonds is 3. The maximum absolute atomic E-state index is 12.6. The zero-order chi connectivity index (χ0) is 18.0. The highest BCUT2D eigenvalue weighted by Gasteiger charge is 2.31. The minimum atomic E-state index is -4.42. The molecule has 0 aliphatic carbocycles. The van der Waals surface area contributed by atoms with Crippen LogP contribution in [0.5, 0.6) is 0 Å². The number of alkyl halides is 3. The number of amidine groups is 1. The van der Waals surface area contributed by atoms with E-state index in [4.69, 9.17) is 0 Å². The lowest BCUT2D eigenvalue weighted by molar-refractivity contribution is -0.137. The van der Waals surface area contributed by atoms with Gasteiger partial charge in [0.25, 0.3) is 0 Å². The van der Waals surface area contributed by atoms with Crippen LogP contribution in [0.3, 0.4) is 0 Å². The van der Waals surface area contributed by atoms with Gasteiger partial charge in [0.15, 0.2) is 5.84 Å². The Labute approximate surface area is 141 Å². The van der Waals surface area contributed by atoms with Gasteiger partial charge in [-0.3, -0.25) is 9.78 Å². The predicted octanol–water partition coefficient (Wildman–Crippen LogP) is 2.61. The van der Waals surface area contributed by atoms with E-state index in [1.54, 1.807) is 24.3 Å². The van der Waals surface area contributed by atoms with Crippen LogP contribution < -0.4 is 16.2 Å². The van der Waals surface area contributed by atoms with Gasteiger partial charge < -0.3 is 10.7 Å². The van der Waals surface area contributed by atoms with Crippen LogP contribution in [0, 0.1) is 0 Å². The number of benzene rings is 1.